The van der Waals surface area contributed by atoms with Crippen LogP contribution in [-0.4, -0.2) is 23.7 Å². The van der Waals surface area contributed by atoms with Crippen molar-refractivity contribution in [2.75, 3.05) is 12.3 Å². The first kappa shape index (κ1) is 15.3. The lowest BCUT2D eigenvalue weighted by Crippen LogP contribution is -2.61. The zero-order valence-electron chi connectivity index (χ0n) is 13.3. The molecule has 4 N–H and O–H groups in total. The van der Waals surface area contributed by atoms with E-state index < -0.39 is 0 Å². The van der Waals surface area contributed by atoms with Gasteiger partial charge in [-0.3, -0.25) is 0 Å². The molecular formula is C17H29N3. The standard InChI is InChI=1S/C17H29N3/c1-16(2)11-15(12-17(3,4)20-16)19-9-8-13-6-5-7-14(18)10-13/h5-7,10,15,19-20H,8-9,11-12,18H2,1-4H3. The highest BCUT2D eigenvalue weighted by atomic mass is 15.1. The largest absolute Gasteiger partial charge is 0.399 e. The molecule has 3 heteroatoms. The minimum Gasteiger partial charge on any atom is -0.399 e. The minimum absolute atomic E-state index is 0.205. The van der Waals surface area contributed by atoms with Crippen LogP contribution in [0.2, 0.25) is 0 Å². The van der Waals surface area contributed by atoms with Gasteiger partial charge in [-0.2, -0.15) is 0 Å². The van der Waals surface area contributed by atoms with Crippen molar-refractivity contribution in [1.29, 1.82) is 0 Å². The summed E-state index contributed by atoms with van der Waals surface area (Å²) in [5.41, 5.74) is 8.39. The number of hydrogen-bond donors (Lipinski definition) is 3. The Morgan fingerprint density at radius 2 is 1.85 bits per heavy atom. The second-order valence-electron chi connectivity index (χ2n) is 7.45. The van der Waals surface area contributed by atoms with E-state index in [4.69, 9.17) is 5.73 Å². The van der Waals surface area contributed by atoms with E-state index in [9.17, 15) is 0 Å². The first-order valence-electron chi connectivity index (χ1n) is 7.63. The maximum absolute atomic E-state index is 5.82. The van der Waals surface area contributed by atoms with E-state index >= 15 is 0 Å². The molecule has 1 aromatic rings. The van der Waals surface area contributed by atoms with Gasteiger partial charge in [0.15, 0.2) is 0 Å². The Labute approximate surface area is 123 Å². The summed E-state index contributed by atoms with van der Waals surface area (Å²) >= 11 is 0. The molecule has 0 spiro atoms. The van der Waals surface area contributed by atoms with Crippen molar-refractivity contribution in [2.45, 2.75) is 64.1 Å². The SMILES string of the molecule is CC1(C)CC(NCCc2cccc(N)c2)CC(C)(C)N1. The van der Waals surface area contributed by atoms with Gasteiger partial charge in [-0.25, -0.2) is 0 Å². The topological polar surface area (TPSA) is 50.1 Å². The smallest absolute Gasteiger partial charge is 0.0316 e. The molecule has 0 bridgehead atoms. The number of anilines is 1. The van der Waals surface area contributed by atoms with Crippen molar-refractivity contribution in [2.24, 2.45) is 0 Å². The van der Waals surface area contributed by atoms with Crippen LogP contribution in [0.15, 0.2) is 24.3 Å². The van der Waals surface area contributed by atoms with Gasteiger partial charge in [-0.15, -0.1) is 0 Å². The molecular weight excluding hydrogens is 246 g/mol. The summed E-state index contributed by atoms with van der Waals surface area (Å²) in [7, 11) is 0. The molecule has 1 fully saturated rings. The zero-order valence-corrected chi connectivity index (χ0v) is 13.3. The summed E-state index contributed by atoms with van der Waals surface area (Å²) < 4.78 is 0. The number of hydrogen-bond acceptors (Lipinski definition) is 3. The Morgan fingerprint density at radius 1 is 1.20 bits per heavy atom. The summed E-state index contributed by atoms with van der Waals surface area (Å²) in [5, 5.41) is 7.44. The lowest BCUT2D eigenvalue weighted by Gasteiger charge is -2.46. The first-order chi connectivity index (χ1) is 9.26. The molecule has 1 aromatic carbocycles. The fourth-order valence-corrected chi connectivity index (χ4v) is 3.64. The predicted molar refractivity (Wildman–Crippen MR) is 86.9 cm³/mol. The molecule has 1 aliphatic rings. The van der Waals surface area contributed by atoms with Gasteiger partial charge < -0.3 is 16.4 Å². The molecule has 112 valence electrons. The molecule has 20 heavy (non-hydrogen) atoms. The van der Waals surface area contributed by atoms with Gasteiger partial charge in [0.25, 0.3) is 0 Å². The van der Waals surface area contributed by atoms with Crippen LogP contribution in [0, 0.1) is 0 Å². The van der Waals surface area contributed by atoms with Crippen LogP contribution in [0.1, 0.15) is 46.1 Å². The van der Waals surface area contributed by atoms with Crippen molar-refractivity contribution in [3.05, 3.63) is 29.8 Å². The van der Waals surface area contributed by atoms with Gasteiger partial charge in [-0.05, 0) is 71.2 Å². The van der Waals surface area contributed by atoms with Crippen LogP contribution in [0.25, 0.3) is 0 Å². The van der Waals surface area contributed by atoms with E-state index in [0.717, 1.165) is 18.7 Å². The maximum Gasteiger partial charge on any atom is 0.0316 e. The van der Waals surface area contributed by atoms with Crippen molar-refractivity contribution in [3.63, 3.8) is 0 Å². The molecule has 0 unspecified atom stereocenters. The van der Waals surface area contributed by atoms with Gasteiger partial charge in [-0.1, -0.05) is 12.1 Å². The fourth-order valence-electron chi connectivity index (χ4n) is 3.64. The van der Waals surface area contributed by atoms with E-state index in [2.05, 4.69) is 50.5 Å². The van der Waals surface area contributed by atoms with E-state index in [1.807, 2.05) is 12.1 Å². The number of piperidine rings is 1. The summed E-state index contributed by atoms with van der Waals surface area (Å²) in [5.74, 6) is 0. The average molecular weight is 275 g/mol. The Balaban J connectivity index is 1.84. The lowest BCUT2D eigenvalue weighted by molar-refractivity contribution is 0.147. The van der Waals surface area contributed by atoms with Gasteiger partial charge in [0.2, 0.25) is 0 Å². The van der Waals surface area contributed by atoms with E-state index in [1.165, 1.54) is 18.4 Å². The number of nitrogen functional groups attached to an aromatic ring is 1. The van der Waals surface area contributed by atoms with Crippen LogP contribution in [0.4, 0.5) is 5.69 Å². The lowest BCUT2D eigenvalue weighted by atomic mass is 9.79. The second kappa shape index (κ2) is 5.74. The molecule has 0 saturated carbocycles. The molecule has 2 rings (SSSR count). The third-order valence-electron chi connectivity index (χ3n) is 3.99. The number of rotatable bonds is 4. The quantitative estimate of drug-likeness (QED) is 0.741. The molecule has 3 nitrogen and oxygen atoms in total. The van der Waals surface area contributed by atoms with Crippen LogP contribution in [0.3, 0.4) is 0 Å². The third kappa shape index (κ3) is 4.50. The van der Waals surface area contributed by atoms with Gasteiger partial charge in [0.05, 0.1) is 0 Å². The summed E-state index contributed by atoms with van der Waals surface area (Å²) in [6.45, 7) is 10.2. The molecule has 0 aliphatic carbocycles. The number of benzene rings is 1. The highest BCUT2D eigenvalue weighted by Crippen LogP contribution is 2.28. The normalized spacial score (nSPS) is 21.8. The molecule has 1 heterocycles. The Bertz CT molecular complexity index is 435. The average Bonchev–Trinajstić information content (AvgIpc) is 2.24. The number of nitrogens with two attached hydrogens (primary N) is 1. The summed E-state index contributed by atoms with van der Waals surface area (Å²) in [4.78, 5) is 0. The first-order valence-corrected chi connectivity index (χ1v) is 7.63. The van der Waals surface area contributed by atoms with Crippen LogP contribution in [-0.2, 0) is 6.42 Å². The van der Waals surface area contributed by atoms with Gasteiger partial charge in [0.1, 0.15) is 0 Å². The second-order valence-corrected chi connectivity index (χ2v) is 7.45. The van der Waals surface area contributed by atoms with Crippen LogP contribution >= 0.6 is 0 Å². The molecule has 0 aromatic heterocycles. The van der Waals surface area contributed by atoms with Crippen molar-refractivity contribution in [1.82, 2.24) is 10.6 Å². The fraction of sp³-hybridized carbons (Fsp3) is 0.647. The highest BCUT2D eigenvalue weighted by Gasteiger charge is 2.37. The molecule has 0 atom stereocenters. The number of nitrogens with one attached hydrogen (secondary N) is 2. The molecule has 0 amide bonds. The molecule has 1 aliphatic heterocycles. The van der Waals surface area contributed by atoms with E-state index in [-0.39, 0.29) is 11.1 Å². The summed E-state index contributed by atoms with van der Waals surface area (Å²) in [6, 6.07) is 8.77. The minimum atomic E-state index is 0.205. The van der Waals surface area contributed by atoms with Crippen LogP contribution < -0.4 is 16.4 Å². The van der Waals surface area contributed by atoms with Crippen molar-refractivity contribution >= 4 is 5.69 Å². The Morgan fingerprint density at radius 3 is 2.45 bits per heavy atom. The highest BCUT2D eigenvalue weighted by molar-refractivity contribution is 5.40. The zero-order chi connectivity index (χ0) is 14.8. The predicted octanol–water partition coefficient (Wildman–Crippen LogP) is 2.71. The van der Waals surface area contributed by atoms with Crippen molar-refractivity contribution in [3.8, 4) is 0 Å². The van der Waals surface area contributed by atoms with Crippen LogP contribution in [0.5, 0.6) is 0 Å². The monoisotopic (exact) mass is 275 g/mol. The molecule has 0 radical (unpaired) electrons. The van der Waals surface area contributed by atoms with E-state index in [0.29, 0.717) is 6.04 Å². The summed E-state index contributed by atoms with van der Waals surface area (Å²) in [6.07, 6.45) is 3.39. The van der Waals surface area contributed by atoms with Crippen molar-refractivity contribution < 1.29 is 0 Å². The molecule has 1 saturated heterocycles. The maximum atomic E-state index is 5.82. The Hall–Kier alpha value is -1.06. The van der Waals surface area contributed by atoms with Gasteiger partial charge >= 0.3 is 0 Å². The van der Waals surface area contributed by atoms with E-state index in [1.54, 1.807) is 0 Å². The Kier molecular flexibility index (Phi) is 4.40. The third-order valence-corrected chi connectivity index (χ3v) is 3.99. The van der Waals surface area contributed by atoms with Gasteiger partial charge in [0, 0.05) is 22.8 Å².